The zero-order valence-electron chi connectivity index (χ0n) is 9.58. The largest absolute Gasteiger partial charge is 0.396 e. The van der Waals surface area contributed by atoms with E-state index in [0.29, 0.717) is 0 Å². The first-order chi connectivity index (χ1) is 7.66. The molecule has 3 nitrogen and oxygen atoms in total. The highest BCUT2D eigenvalue weighted by atomic mass is 79.9. The summed E-state index contributed by atoms with van der Waals surface area (Å²) in [6.07, 6.45) is 3.92. The van der Waals surface area contributed by atoms with Crippen LogP contribution in [-0.2, 0) is 6.54 Å². The number of aliphatic hydroxyl groups excluding tert-OH is 1. The first-order valence-corrected chi connectivity index (χ1v) is 6.43. The molecular weight excluding hydrogens is 270 g/mol. The Balaban J connectivity index is 2.53. The first kappa shape index (κ1) is 13.5. The van der Waals surface area contributed by atoms with Gasteiger partial charge in [0.2, 0.25) is 0 Å². The van der Waals surface area contributed by atoms with E-state index in [1.807, 2.05) is 6.92 Å². The Bertz CT molecular complexity index is 387. The van der Waals surface area contributed by atoms with Crippen LogP contribution < -0.4 is 5.56 Å². The first-order valence-electron chi connectivity index (χ1n) is 5.63. The molecule has 0 saturated carbocycles. The molecule has 0 saturated heterocycles. The predicted molar refractivity (Wildman–Crippen MR) is 68.7 cm³/mol. The molecule has 0 aliphatic heterocycles. The van der Waals surface area contributed by atoms with Crippen LogP contribution >= 0.6 is 15.9 Å². The lowest BCUT2D eigenvalue weighted by atomic mass is 10.2. The van der Waals surface area contributed by atoms with Gasteiger partial charge in [0.05, 0.1) is 0 Å². The number of nitrogens with zero attached hydrogens (tertiary/aromatic N) is 1. The molecule has 0 fully saturated rings. The third-order valence-corrected chi connectivity index (χ3v) is 3.52. The number of hydrogen-bond donors (Lipinski definition) is 1. The Morgan fingerprint density at radius 1 is 1.25 bits per heavy atom. The van der Waals surface area contributed by atoms with Crippen LogP contribution in [0.25, 0.3) is 0 Å². The van der Waals surface area contributed by atoms with Crippen molar-refractivity contribution in [3.63, 3.8) is 0 Å². The quantitative estimate of drug-likeness (QED) is 0.817. The summed E-state index contributed by atoms with van der Waals surface area (Å²) in [5.41, 5.74) is 1.04. The molecule has 0 bridgehead atoms. The van der Waals surface area contributed by atoms with Crippen molar-refractivity contribution >= 4 is 15.9 Å². The molecule has 1 heterocycles. The molecule has 90 valence electrons. The molecule has 0 radical (unpaired) electrons. The van der Waals surface area contributed by atoms with Gasteiger partial charge >= 0.3 is 0 Å². The summed E-state index contributed by atoms with van der Waals surface area (Å²) >= 11 is 3.42. The molecule has 1 N–H and O–H groups in total. The highest BCUT2D eigenvalue weighted by Gasteiger charge is 2.03. The molecule has 1 rings (SSSR count). The molecule has 4 heteroatoms. The van der Waals surface area contributed by atoms with E-state index >= 15 is 0 Å². The average molecular weight is 288 g/mol. The summed E-state index contributed by atoms with van der Waals surface area (Å²) in [6.45, 7) is 2.96. The third-order valence-electron chi connectivity index (χ3n) is 2.68. The zero-order chi connectivity index (χ0) is 12.0. The lowest BCUT2D eigenvalue weighted by molar-refractivity contribution is 0.282. The van der Waals surface area contributed by atoms with Crippen molar-refractivity contribution in [2.75, 3.05) is 6.61 Å². The van der Waals surface area contributed by atoms with E-state index in [0.717, 1.165) is 42.4 Å². The smallest absolute Gasteiger partial charge is 0.250 e. The third kappa shape index (κ3) is 3.76. The lowest BCUT2D eigenvalue weighted by Gasteiger charge is -2.10. The second-order valence-electron chi connectivity index (χ2n) is 3.89. The van der Waals surface area contributed by atoms with Crippen LogP contribution in [0, 0.1) is 6.92 Å². The van der Waals surface area contributed by atoms with Crippen molar-refractivity contribution in [1.29, 1.82) is 0 Å². The van der Waals surface area contributed by atoms with Crippen molar-refractivity contribution in [2.45, 2.75) is 39.2 Å². The highest BCUT2D eigenvalue weighted by Crippen LogP contribution is 2.13. The summed E-state index contributed by atoms with van der Waals surface area (Å²) in [6, 6.07) is 3.38. The van der Waals surface area contributed by atoms with E-state index in [9.17, 15) is 4.79 Å². The van der Waals surface area contributed by atoms with Gasteiger partial charge in [-0.1, -0.05) is 12.8 Å². The standard InChI is InChI=1S/C12H18BrNO2/c1-10-11(13)6-7-12(16)14(10)8-4-2-3-5-9-15/h6-7,15H,2-5,8-9H2,1H3. The molecule has 0 aliphatic rings. The Morgan fingerprint density at radius 3 is 2.62 bits per heavy atom. The van der Waals surface area contributed by atoms with Crippen LogP contribution in [0.15, 0.2) is 21.4 Å². The van der Waals surface area contributed by atoms with Gasteiger partial charge in [-0.05, 0) is 41.8 Å². The molecular formula is C12H18BrNO2. The monoisotopic (exact) mass is 287 g/mol. The Labute approximate surface area is 104 Å². The van der Waals surface area contributed by atoms with Gasteiger partial charge in [0.25, 0.3) is 5.56 Å². The maximum Gasteiger partial charge on any atom is 0.250 e. The van der Waals surface area contributed by atoms with Crippen molar-refractivity contribution < 1.29 is 5.11 Å². The van der Waals surface area contributed by atoms with Gasteiger partial charge in [0, 0.05) is 29.4 Å². The maximum atomic E-state index is 11.6. The van der Waals surface area contributed by atoms with E-state index < -0.39 is 0 Å². The van der Waals surface area contributed by atoms with E-state index in [-0.39, 0.29) is 12.2 Å². The minimum absolute atomic E-state index is 0.0582. The summed E-state index contributed by atoms with van der Waals surface area (Å²) in [4.78, 5) is 11.6. The van der Waals surface area contributed by atoms with Crippen LogP contribution in [0.5, 0.6) is 0 Å². The van der Waals surface area contributed by atoms with Gasteiger partial charge in [-0.3, -0.25) is 4.79 Å². The second-order valence-corrected chi connectivity index (χ2v) is 4.75. The van der Waals surface area contributed by atoms with E-state index in [1.54, 1.807) is 16.7 Å². The number of aromatic nitrogens is 1. The van der Waals surface area contributed by atoms with Gasteiger partial charge < -0.3 is 9.67 Å². The highest BCUT2D eigenvalue weighted by molar-refractivity contribution is 9.10. The van der Waals surface area contributed by atoms with Crippen molar-refractivity contribution in [3.05, 3.63) is 32.7 Å². The lowest BCUT2D eigenvalue weighted by Crippen LogP contribution is -2.21. The van der Waals surface area contributed by atoms with Crippen LogP contribution in [0.2, 0.25) is 0 Å². The summed E-state index contributed by atoms with van der Waals surface area (Å²) < 4.78 is 2.77. The number of hydrogen-bond acceptors (Lipinski definition) is 2. The molecule has 1 aromatic heterocycles. The molecule has 16 heavy (non-hydrogen) atoms. The zero-order valence-corrected chi connectivity index (χ0v) is 11.2. The predicted octanol–water partition coefficient (Wildman–Crippen LogP) is 2.47. The molecule has 0 spiro atoms. The van der Waals surface area contributed by atoms with Crippen LogP contribution in [0.3, 0.4) is 0 Å². The number of aliphatic hydroxyl groups is 1. The topological polar surface area (TPSA) is 42.2 Å². The fourth-order valence-electron chi connectivity index (χ4n) is 1.66. The SMILES string of the molecule is Cc1c(Br)ccc(=O)n1CCCCCCO. The van der Waals surface area contributed by atoms with Crippen LogP contribution in [0.4, 0.5) is 0 Å². The maximum absolute atomic E-state index is 11.6. The number of rotatable bonds is 6. The number of halogens is 1. The molecule has 0 atom stereocenters. The minimum Gasteiger partial charge on any atom is -0.396 e. The van der Waals surface area contributed by atoms with Crippen LogP contribution in [-0.4, -0.2) is 16.3 Å². The van der Waals surface area contributed by atoms with Crippen molar-refractivity contribution in [2.24, 2.45) is 0 Å². The van der Waals surface area contributed by atoms with Gasteiger partial charge in [0.1, 0.15) is 0 Å². The van der Waals surface area contributed by atoms with Crippen molar-refractivity contribution in [1.82, 2.24) is 4.57 Å². The molecule has 1 aromatic rings. The Morgan fingerprint density at radius 2 is 1.94 bits per heavy atom. The van der Waals surface area contributed by atoms with Gasteiger partial charge in [-0.15, -0.1) is 0 Å². The number of pyridine rings is 1. The summed E-state index contributed by atoms with van der Waals surface area (Å²) in [5, 5.41) is 8.65. The fraction of sp³-hybridized carbons (Fsp3) is 0.583. The fourth-order valence-corrected chi connectivity index (χ4v) is 2.01. The summed E-state index contributed by atoms with van der Waals surface area (Å²) in [7, 11) is 0. The Hall–Kier alpha value is -0.610. The van der Waals surface area contributed by atoms with Crippen LogP contribution in [0.1, 0.15) is 31.4 Å². The Kier molecular flexibility index (Phi) is 5.77. The van der Waals surface area contributed by atoms with Gasteiger partial charge in [0.15, 0.2) is 0 Å². The van der Waals surface area contributed by atoms with E-state index in [2.05, 4.69) is 15.9 Å². The van der Waals surface area contributed by atoms with E-state index in [4.69, 9.17) is 5.11 Å². The minimum atomic E-state index is 0.0582. The molecule has 0 aliphatic carbocycles. The van der Waals surface area contributed by atoms with Gasteiger partial charge in [-0.25, -0.2) is 0 Å². The normalized spacial score (nSPS) is 10.7. The van der Waals surface area contributed by atoms with E-state index in [1.165, 1.54) is 0 Å². The molecule has 0 aromatic carbocycles. The second kappa shape index (κ2) is 6.86. The summed E-state index contributed by atoms with van der Waals surface area (Å²) in [5.74, 6) is 0. The molecule has 0 amide bonds. The average Bonchev–Trinajstić information content (AvgIpc) is 2.28. The van der Waals surface area contributed by atoms with Gasteiger partial charge in [-0.2, -0.15) is 0 Å². The molecule has 0 unspecified atom stereocenters. The van der Waals surface area contributed by atoms with Crippen molar-refractivity contribution in [3.8, 4) is 0 Å². The number of unbranched alkanes of at least 4 members (excludes halogenated alkanes) is 3.